The summed E-state index contributed by atoms with van der Waals surface area (Å²) in [5, 5.41) is 6.81. The van der Waals surface area contributed by atoms with Gasteiger partial charge >= 0.3 is 0 Å². The number of hydrogen-bond donors (Lipinski definition) is 2. The molecule has 7 nitrogen and oxygen atoms in total. The Hall–Kier alpha value is -2.93. The zero-order chi connectivity index (χ0) is 19.7. The second-order valence-electron chi connectivity index (χ2n) is 7.33. The van der Waals surface area contributed by atoms with Gasteiger partial charge in [0.05, 0.1) is 48.1 Å². The maximum Gasteiger partial charge on any atom is 0.261 e. The van der Waals surface area contributed by atoms with Crippen molar-refractivity contribution < 1.29 is 9.53 Å². The molecule has 146 valence electrons. The van der Waals surface area contributed by atoms with Crippen LogP contribution in [0.25, 0.3) is 5.57 Å². The van der Waals surface area contributed by atoms with Crippen molar-refractivity contribution in [3.63, 3.8) is 0 Å². The van der Waals surface area contributed by atoms with E-state index < -0.39 is 0 Å². The Morgan fingerprint density at radius 3 is 2.79 bits per heavy atom. The van der Waals surface area contributed by atoms with Crippen molar-refractivity contribution in [2.24, 2.45) is 0 Å². The standard InChI is InChI=1S/C21H25N5O2/c1-13(2)26-19-5-4-15(25-14(3)17-11-22-6-7-23-17)10-16(19)20(21(26)27)18-12-28-9-8-24-18/h4-7,10-11,13-14,24-25H,8-9,12H2,1-3H3/b20-18-. The van der Waals surface area contributed by atoms with Gasteiger partial charge in [0.2, 0.25) is 0 Å². The molecule has 2 aromatic rings. The highest BCUT2D eigenvalue weighted by Gasteiger charge is 2.36. The highest BCUT2D eigenvalue weighted by atomic mass is 16.5. The van der Waals surface area contributed by atoms with Crippen LogP contribution < -0.4 is 15.5 Å². The van der Waals surface area contributed by atoms with E-state index >= 15 is 0 Å². The molecule has 1 aromatic carbocycles. The number of hydrogen-bond acceptors (Lipinski definition) is 6. The number of amides is 1. The first kappa shape index (κ1) is 18.4. The molecule has 2 aliphatic rings. The van der Waals surface area contributed by atoms with E-state index in [9.17, 15) is 4.79 Å². The molecule has 0 saturated carbocycles. The highest BCUT2D eigenvalue weighted by Crippen LogP contribution is 2.41. The minimum absolute atomic E-state index is 0.00250. The molecule has 28 heavy (non-hydrogen) atoms. The maximum absolute atomic E-state index is 13.2. The minimum atomic E-state index is -0.00250. The van der Waals surface area contributed by atoms with Crippen molar-refractivity contribution >= 4 is 22.9 Å². The van der Waals surface area contributed by atoms with Crippen LogP contribution in [0.15, 0.2) is 42.5 Å². The van der Waals surface area contributed by atoms with Crippen LogP contribution in [0, 0.1) is 0 Å². The Kier molecular flexibility index (Phi) is 5.00. The molecule has 0 bridgehead atoms. The Morgan fingerprint density at radius 1 is 1.25 bits per heavy atom. The predicted molar refractivity (Wildman–Crippen MR) is 109 cm³/mol. The summed E-state index contributed by atoms with van der Waals surface area (Å²) >= 11 is 0. The van der Waals surface area contributed by atoms with Gasteiger partial charge in [0.25, 0.3) is 5.91 Å². The van der Waals surface area contributed by atoms with E-state index in [4.69, 9.17) is 4.74 Å². The zero-order valence-corrected chi connectivity index (χ0v) is 16.4. The normalized spacial score (nSPS) is 20.1. The summed E-state index contributed by atoms with van der Waals surface area (Å²) in [6.45, 7) is 7.90. The molecule has 0 aliphatic carbocycles. The van der Waals surface area contributed by atoms with Gasteiger partial charge in [0.1, 0.15) is 0 Å². The molecule has 1 saturated heterocycles. The van der Waals surface area contributed by atoms with Crippen molar-refractivity contribution in [1.29, 1.82) is 0 Å². The zero-order valence-electron chi connectivity index (χ0n) is 16.4. The van der Waals surface area contributed by atoms with Gasteiger partial charge in [-0.2, -0.15) is 0 Å². The van der Waals surface area contributed by atoms with E-state index in [1.807, 2.05) is 43.9 Å². The van der Waals surface area contributed by atoms with Crippen LogP contribution in [0.4, 0.5) is 11.4 Å². The van der Waals surface area contributed by atoms with Gasteiger partial charge in [0.15, 0.2) is 0 Å². The molecule has 7 heteroatoms. The fourth-order valence-electron chi connectivity index (χ4n) is 3.70. The quantitative estimate of drug-likeness (QED) is 0.796. The fourth-order valence-corrected chi connectivity index (χ4v) is 3.70. The van der Waals surface area contributed by atoms with Crippen molar-refractivity contribution in [2.45, 2.75) is 32.9 Å². The summed E-state index contributed by atoms with van der Waals surface area (Å²) in [6, 6.07) is 6.13. The molecule has 1 amide bonds. The third-order valence-electron chi connectivity index (χ3n) is 5.02. The molecule has 0 radical (unpaired) electrons. The van der Waals surface area contributed by atoms with E-state index in [-0.39, 0.29) is 18.0 Å². The number of nitrogens with one attached hydrogen (secondary N) is 2. The lowest BCUT2D eigenvalue weighted by Gasteiger charge is -2.22. The van der Waals surface area contributed by atoms with Gasteiger partial charge in [-0.1, -0.05) is 0 Å². The first-order valence-electron chi connectivity index (χ1n) is 9.61. The Balaban J connectivity index is 1.71. The molecule has 1 aromatic heterocycles. The number of rotatable bonds is 4. The van der Waals surface area contributed by atoms with Gasteiger partial charge in [-0.3, -0.25) is 14.8 Å². The number of carbonyl (C=O) groups is 1. The third-order valence-corrected chi connectivity index (χ3v) is 5.02. The number of morpholine rings is 1. The molecular formula is C21H25N5O2. The van der Waals surface area contributed by atoms with Crippen LogP contribution in [0.1, 0.15) is 38.1 Å². The monoisotopic (exact) mass is 379 g/mol. The van der Waals surface area contributed by atoms with Crippen molar-refractivity contribution in [3.05, 3.63) is 53.7 Å². The summed E-state index contributed by atoms with van der Waals surface area (Å²) in [5.74, 6) is 0.0251. The molecule has 2 N–H and O–H groups in total. The SMILES string of the molecule is CC(Nc1ccc2c(c1)/C(=C1\COCCN1)C(=O)N2C(C)C)c1cnccn1. The van der Waals surface area contributed by atoms with Crippen LogP contribution >= 0.6 is 0 Å². The number of carbonyl (C=O) groups excluding carboxylic acids is 1. The lowest BCUT2D eigenvalue weighted by Crippen LogP contribution is -2.35. The first-order valence-corrected chi connectivity index (χ1v) is 9.61. The van der Waals surface area contributed by atoms with Gasteiger partial charge < -0.3 is 20.3 Å². The van der Waals surface area contributed by atoms with E-state index in [1.54, 1.807) is 18.6 Å². The van der Waals surface area contributed by atoms with E-state index in [0.29, 0.717) is 25.3 Å². The molecule has 1 unspecified atom stereocenters. The summed E-state index contributed by atoms with van der Waals surface area (Å²) in [4.78, 5) is 23.5. The fraction of sp³-hybridized carbons (Fsp3) is 0.381. The summed E-state index contributed by atoms with van der Waals surface area (Å²) in [5.41, 5.74) is 5.24. The number of benzene rings is 1. The largest absolute Gasteiger partial charge is 0.383 e. The van der Waals surface area contributed by atoms with Gasteiger partial charge in [-0.15, -0.1) is 0 Å². The van der Waals surface area contributed by atoms with E-state index in [2.05, 4.69) is 20.6 Å². The maximum atomic E-state index is 13.2. The van der Waals surface area contributed by atoms with Crippen LogP contribution in [0.3, 0.4) is 0 Å². The van der Waals surface area contributed by atoms with Crippen molar-refractivity contribution in [3.8, 4) is 0 Å². The molecule has 2 aliphatic heterocycles. The summed E-state index contributed by atoms with van der Waals surface area (Å²) < 4.78 is 5.58. The highest BCUT2D eigenvalue weighted by molar-refractivity contribution is 6.33. The summed E-state index contributed by atoms with van der Waals surface area (Å²) in [6.07, 6.45) is 5.10. The first-order chi connectivity index (χ1) is 13.6. The minimum Gasteiger partial charge on any atom is -0.383 e. The number of nitrogens with zero attached hydrogens (tertiary/aromatic N) is 3. The van der Waals surface area contributed by atoms with Crippen molar-refractivity contribution in [1.82, 2.24) is 15.3 Å². The second-order valence-corrected chi connectivity index (χ2v) is 7.33. The van der Waals surface area contributed by atoms with Crippen LogP contribution in [-0.2, 0) is 9.53 Å². The van der Waals surface area contributed by atoms with Gasteiger partial charge in [-0.25, -0.2) is 0 Å². The van der Waals surface area contributed by atoms with Gasteiger partial charge in [0, 0.05) is 36.2 Å². The number of anilines is 2. The average Bonchev–Trinajstić information content (AvgIpc) is 3.00. The second kappa shape index (κ2) is 7.59. The Labute approximate surface area is 164 Å². The smallest absolute Gasteiger partial charge is 0.261 e. The van der Waals surface area contributed by atoms with Crippen molar-refractivity contribution in [2.75, 3.05) is 30.0 Å². The van der Waals surface area contributed by atoms with Gasteiger partial charge in [-0.05, 0) is 39.0 Å². The number of ether oxygens (including phenoxy) is 1. The number of aromatic nitrogens is 2. The Bertz CT molecular complexity index is 902. The topological polar surface area (TPSA) is 79.4 Å². The molecule has 0 spiro atoms. The Morgan fingerprint density at radius 2 is 2.11 bits per heavy atom. The average molecular weight is 379 g/mol. The molecular weight excluding hydrogens is 354 g/mol. The number of fused-ring (bicyclic) bond motifs is 1. The van der Waals surface area contributed by atoms with E-state index in [1.165, 1.54) is 0 Å². The lowest BCUT2D eigenvalue weighted by atomic mass is 10.0. The molecule has 4 rings (SSSR count). The van der Waals surface area contributed by atoms with Crippen LogP contribution in [-0.4, -0.2) is 41.7 Å². The van der Waals surface area contributed by atoms with E-state index in [0.717, 1.165) is 28.3 Å². The van der Waals surface area contributed by atoms with Crippen LogP contribution in [0.2, 0.25) is 0 Å². The summed E-state index contributed by atoms with van der Waals surface area (Å²) in [7, 11) is 0. The third kappa shape index (κ3) is 3.33. The lowest BCUT2D eigenvalue weighted by molar-refractivity contribution is -0.113. The molecule has 1 atom stereocenters. The predicted octanol–water partition coefficient (Wildman–Crippen LogP) is 2.74. The molecule has 3 heterocycles. The molecule has 1 fully saturated rings. The van der Waals surface area contributed by atoms with Crippen LogP contribution in [0.5, 0.6) is 0 Å².